The predicted octanol–water partition coefficient (Wildman–Crippen LogP) is 2.78. The van der Waals surface area contributed by atoms with E-state index in [2.05, 4.69) is 47.3 Å². The Morgan fingerprint density at radius 2 is 2.12 bits per heavy atom. The summed E-state index contributed by atoms with van der Waals surface area (Å²) in [6.07, 6.45) is 3.30. The quantitative estimate of drug-likeness (QED) is 0.388. The number of hydrogen-bond donors (Lipinski definition) is 0. The number of aryl methyl sites for hydroxylation is 3. The zero-order valence-electron chi connectivity index (χ0n) is 13.3. The van der Waals surface area contributed by atoms with Gasteiger partial charge in [0.2, 0.25) is 0 Å². The minimum absolute atomic E-state index is 0.140. The lowest BCUT2D eigenvalue weighted by molar-refractivity contribution is -0.389. The van der Waals surface area contributed by atoms with E-state index in [9.17, 15) is 10.1 Å². The van der Waals surface area contributed by atoms with Gasteiger partial charge in [-0.1, -0.05) is 29.5 Å². The molecule has 0 amide bonds. The van der Waals surface area contributed by atoms with Gasteiger partial charge in [-0.05, 0) is 30.4 Å². The van der Waals surface area contributed by atoms with Crippen LogP contribution in [0.2, 0.25) is 0 Å². The maximum Gasteiger partial charge on any atom is 0.389 e. The molecule has 0 aliphatic rings. The van der Waals surface area contributed by atoms with E-state index in [1.54, 1.807) is 17.2 Å². The highest BCUT2D eigenvalue weighted by Crippen LogP contribution is 2.22. The Morgan fingerprint density at radius 1 is 1.29 bits per heavy atom. The smallest absolute Gasteiger partial charge is 0.358 e. The normalized spacial score (nSPS) is 10.9. The second kappa shape index (κ2) is 6.83. The van der Waals surface area contributed by atoms with Crippen molar-refractivity contribution in [2.75, 3.05) is 5.75 Å². The third-order valence-electron chi connectivity index (χ3n) is 3.49. The molecular formula is C15H16N6O2S. The third-order valence-corrected chi connectivity index (χ3v) is 4.42. The number of thioether (sulfide) groups is 1. The fourth-order valence-electron chi connectivity index (χ4n) is 2.37. The van der Waals surface area contributed by atoms with Crippen LogP contribution in [0.3, 0.4) is 0 Å². The SMILES string of the molecule is Cc1ccc(-n2cnnc2SCCn2ccc([N+](=O)[O-])n2)c(C)c1. The first-order chi connectivity index (χ1) is 11.5. The fourth-order valence-corrected chi connectivity index (χ4v) is 3.22. The highest BCUT2D eigenvalue weighted by molar-refractivity contribution is 7.99. The van der Waals surface area contributed by atoms with Crippen molar-refractivity contribution < 1.29 is 4.92 Å². The molecule has 0 atom stereocenters. The van der Waals surface area contributed by atoms with Crippen LogP contribution in [0.25, 0.3) is 5.69 Å². The summed E-state index contributed by atoms with van der Waals surface area (Å²) in [4.78, 5) is 10.1. The maximum atomic E-state index is 10.6. The van der Waals surface area contributed by atoms with Gasteiger partial charge >= 0.3 is 5.82 Å². The van der Waals surface area contributed by atoms with E-state index < -0.39 is 4.92 Å². The van der Waals surface area contributed by atoms with E-state index in [1.165, 1.54) is 23.4 Å². The van der Waals surface area contributed by atoms with Crippen molar-refractivity contribution in [2.24, 2.45) is 0 Å². The molecule has 0 fully saturated rings. The monoisotopic (exact) mass is 344 g/mol. The van der Waals surface area contributed by atoms with E-state index in [0.29, 0.717) is 12.3 Å². The molecule has 0 saturated carbocycles. The van der Waals surface area contributed by atoms with Crippen molar-refractivity contribution in [2.45, 2.75) is 25.5 Å². The Kier molecular flexibility index (Phi) is 4.61. The lowest BCUT2D eigenvalue weighted by atomic mass is 10.1. The molecule has 0 aliphatic heterocycles. The first-order valence-electron chi connectivity index (χ1n) is 7.33. The first kappa shape index (κ1) is 16.2. The molecule has 0 spiro atoms. The number of benzene rings is 1. The molecule has 9 heteroatoms. The number of aromatic nitrogens is 5. The van der Waals surface area contributed by atoms with Crippen LogP contribution in [0, 0.1) is 24.0 Å². The van der Waals surface area contributed by atoms with Crippen LogP contribution in [0.4, 0.5) is 5.82 Å². The summed E-state index contributed by atoms with van der Waals surface area (Å²) in [5.74, 6) is 0.543. The number of rotatable bonds is 6. The molecule has 0 radical (unpaired) electrons. The zero-order chi connectivity index (χ0) is 17.1. The van der Waals surface area contributed by atoms with Crippen molar-refractivity contribution in [3.8, 4) is 5.69 Å². The molecule has 0 bridgehead atoms. The standard InChI is InChI=1S/C15H16N6O2S/c1-11-3-4-13(12(2)9-11)20-10-16-17-15(20)24-8-7-19-6-5-14(18-19)21(22)23/h3-6,9-10H,7-8H2,1-2H3. The van der Waals surface area contributed by atoms with E-state index in [4.69, 9.17) is 0 Å². The van der Waals surface area contributed by atoms with Crippen LogP contribution in [-0.2, 0) is 6.54 Å². The Balaban J connectivity index is 1.68. The molecule has 3 rings (SSSR count). The van der Waals surface area contributed by atoms with Crippen LogP contribution in [0.15, 0.2) is 41.9 Å². The number of nitro groups is 1. The van der Waals surface area contributed by atoms with Crippen LogP contribution in [0.5, 0.6) is 0 Å². The van der Waals surface area contributed by atoms with E-state index in [1.807, 2.05) is 4.57 Å². The molecule has 0 aliphatic carbocycles. The predicted molar refractivity (Wildman–Crippen MR) is 90.4 cm³/mol. The minimum atomic E-state index is -0.500. The second-order valence-corrected chi connectivity index (χ2v) is 6.38. The summed E-state index contributed by atoms with van der Waals surface area (Å²) in [5.41, 5.74) is 3.40. The first-order valence-corrected chi connectivity index (χ1v) is 8.31. The van der Waals surface area contributed by atoms with Crippen molar-refractivity contribution in [3.05, 3.63) is 58.0 Å². The van der Waals surface area contributed by atoms with Gasteiger partial charge in [-0.3, -0.25) is 4.57 Å². The molecule has 0 saturated heterocycles. The number of hydrogen-bond acceptors (Lipinski definition) is 6. The Labute approximate surface area is 142 Å². The largest absolute Gasteiger partial charge is 0.389 e. The topological polar surface area (TPSA) is 91.7 Å². The molecule has 0 unspecified atom stereocenters. The summed E-state index contributed by atoms with van der Waals surface area (Å²) in [5, 5.41) is 23.5. The van der Waals surface area contributed by atoms with Crippen molar-refractivity contribution in [1.29, 1.82) is 0 Å². The van der Waals surface area contributed by atoms with Gasteiger partial charge in [0.05, 0.1) is 29.6 Å². The summed E-state index contributed by atoms with van der Waals surface area (Å²) in [6.45, 7) is 4.67. The van der Waals surface area contributed by atoms with Crippen LogP contribution < -0.4 is 0 Å². The Hall–Kier alpha value is -2.68. The molecule has 124 valence electrons. The van der Waals surface area contributed by atoms with Gasteiger partial charge in [-0.25, -0.2) is 0 Å². The van der Waals surface area contributed by atoms with Gasteiger partial charge in [0.25, 0.3) is 0 Å². The third kappa shape index (κ3) is 3.46. The van der Waals surface area contributed by atoms with Gasteiger partial charge < -0.3 is 10.1 Å². The average molecular weight is 344 g/mol. The maximum absolute atomic E-state index is 10.6. The van der Waals surface area contributed by atoms with Gasteiger partial charge in [-0.2, -0.15) is 4.68 Å². The molecule has 8 nitrogen and oxygen atoms in total. The summed E-state index contributed by atoms with van der Waals surface area (Å²) >= 11 is 1.53. The molecule has 2 aromatic heterocycles. The van der Waals surface area contributed by atoms with E-state index in [0.717, 1.165) is 16.4 Å². The van der Waals surface area contributed by atoms with Crippen LogP contribution >= 0.6 is 11.8 Å². The highest BCUT2D eigenvalue weighted by atomic mass is 32.2. The van der Waals surface area contributed by atoms with Crippen molar-refractivity contribution in [1.82, 2.24) is 24.5 Å². The molecule has 24 heavy (non-hydrogen) atoms. The zero-order valence-corrected chi connectivity index (χ0v) is 14.1. The molecule has 3 aromatic rings. The lowest BCUT2D eigenvalue weighted by Crippen LogP contribution is -2.04. The second-order valence-electron chi connectivity index (χ2n) is 5.32. The molecule has 1 aromatic carbocycles. The van der Waals surface area contributed by atoms with Gasteiger partial charge in [-0.15, -0.1) is 10.2 Å². The summed E-state index contributed by atoms with van der Waals surface area (Å²) < 4.78 is 3.51. The number of nitrogens with zero attached hydrogens (tertiary/aromatic N) is 6. The summed E-state index contributed by atoms with van der Waals surface area (Å²) in [6, 6.07) is 7.62. The van der Waals surface area contributed by atoms with Crippen LogP contribution in [-0.4, -0.2) is 35.2 Å². The Bertz CT molecular complexity index is 872. The molecule has 0 N–H and O–H groups in total. The summed E-state index contributed by atoms with van der Waals surface area (Å²) in [7, 11) is 0. The Morgan fingerprint density at radius 3 is 2.83 bits per heavy atom. The van der Waals surface area contributed by atoms with Gasteiger partial charge in [0.1, 0.15) is 6.33 Å². The molecule has 2 heterocycles. The minimum Gasteiger partial charge on any atom is -0.358 e. The van der Waals surface area contributed by atoms with E-state index in [-0.39, 0.29) is 5.82 Å². The molecular weight excluding hydrogens is 328 g/mol. The van der Waals surface area contributed by atoms with Crippen LogP contribution in [0.1, 0.15) is 11.1 Å². The van der Waals surface area contributed by atoms with Gasteiger partial charge in [0, 0.05) is 5.75 Å². The lowest BCUT2D eigenvalue weighted by Gasteiger charge is -2.09. The van der Waals surface area contributed by atoms with E-state index >= 15 is 0 Å². The van der Waals surface area contributed by atoms with Gasteiger partial charge in [0.15, 0.2) is 5.16 Å². The average Bonchev–Trinajstić information content (AvgIpc) is 3.17. The highest BCUT2D eigenvalue weighted by Gasteiger charge is 2.12. The fraction of sp³-hybridized carbons (Fsp3) is 0.267. The van der Waals surface area contributed by atoms with Crippen molar-refractivity contribution in [3.63, 3.8) is 0 Å². The van der Waals surface area contributed by atoms with Crippen molar-refractivity contribution >= 4 is 17.6 Å².